The first-order chi connectivity index (χ1) is 14.6. The number of H-pyrrole nitrogens is 1. The maximum absolute atomic E-state index is 13.2. The summed E-state index contributed by atoms with van der Waals surface area (Å²) in [7, 11) is 3.08. The molecule has 8 heteroatoms. The van der Waals surface area contributed by atoms with Crippen molar-refractivity contribution in [1.82, 2.24) is 19.9 Å². The zero-order chi connectivity index (χ0) is 21.1. The maximum atomic E-state index is 13.2. The Labute approximate surface area is 173 Å². The molecular weight excluding hydrogens is 384 g/mol. The number of nitrogens with zero attached hydrogens (tertiary/aromatic N) is 3. The van der Waals surface area contributed by atoms with E-state index in [9.17, 15) is 9.59 Å². The molecule has 30 heavy (non-hydrogen) atoms. The number of pyridine rings is 1. The molecule has 1 unspecified atom stereocenters. The lowest BCUT2D eigenvalue weighted by Gasteiger charge is -2.24. The van der Waals surface area contributed by atoms with Crippen LogP contribution in [0.5, 0.6) is 11.6 Å². The molecule has 0 bridgehead atoms. The quantitative estimate of drug-likeness (QED) is 0.700. The molecule has 0 aliphatic carbocycles. The minimum absolute atomic E-state index is 0.122. The summed E-state index contributed by atoms with van der Waals surface area (Å²) < 4.78 is 10.5. The van der Waals surface area contributed by atoms with Gasteiger partial charge in [0.25, 0.3) is 11.5 Å². The predicted octanol–water partition coefficient (Wildman–Crippen LogP) is 2.83. The van der Waals surface area contributed by atoms with E-state index < -0.39 is 0 Å². The summed E-state index contributed by atoms with van der Waals surface area (Å²) in [5.41, 5.74) is 1.32. The Morgan fingerprint density at radius 1 is 1.17 bits per heavy atom. The van der Waals surface area contributed by atoms with Gasteiger partial charge in [-0.2, -0.15) is 0 Å². The van der Waals surface area contributed by atoms with Crippen molar-refractivity contribution in [3.05, 3.63) is 70.4 Å². The number of amides is 1. The van der Waals surface area contributed by atoms with Crippen LogP contribution in [0.3, 0.4) is 0 Å². The second-order valence-corrected chi connectivity index (χ2v) is 6.96. The Hall–Kier alpha value is -3.68. The van der Waals surface area contributed by atoms with Gasteiger partial charge in [-0.25, -0.2) is 9.97 Å². The number of carbonyl (C=O) groups is 1. The molecule has 1 atom stereocenters. The summed E-state index contributed by atoms with van der Waals surface area (Å²) in [5.74, 6) is 1.34. The third-order valence-corrected chi connectivity index (χ3v) is 5.15. The summed E-state index contributed by atoms with van der Waals surface area (Å²) in [6.07, 6.45) is 3.15. The Morgan fingerprint density at radius 3 is 2.83 bits per heavy atom. The lowest BCUT2D eigenvalue weighted by Crippen LogP contribution is -2.32. The van der Waals surface area contributed by atoms with Crippen LogP contribution in [0.1, 0.15) is 35.1 Å². The van der Waals surface area contributed by atoms with Crippen LogP contribution in [0, 0.1) is 0 Å². The normalized spacial score (nSPS) is 15.8. The predicted molar refractivity (Wildman–Crippen MR) is 111 cm³/mol. The molecule has 1 aliphatic heterocycles. The third kappa shape index (κ3) is 3.76. The van der Waals surface area contributed by atoms with Crippen LogP contribution in [0.25, 0.3) is 11.3 Å². The van der Waals surface area contributed by atoms with Gasteiger partial charge in [-0.1, -0.05) is 6.07 Å². The van der Waals surface area contributed by atoms with Gasteiger partial charge in [0.2, 0.25) is 5.88 Å². The third-order valence-electron chi connectivity index (χ3n) is 5.15. The van der Waals surface area contributed by atoms with Gasteiger partial charge in [-0.15, -0.1) is 0 Å². The van der Waals surface area contributed by atoms with Crippen molar-refractivity contribution < 1.29 is 14.3 Å². The molecule has 0 spiro atoms. The second-order valence-electron chi connectivity index (χ2n) is 6.96. The average Bonchev–Trinajstić information content (AvgIpc) is 3.28. The van der Waals surface area contributed by atoms with E-state index in [0.717, 1.165) is 6.42 Å². The van der Waals surface area contributed by atoms with Crippen LogP contribution < -0.4 is 15.0 Å². The number of benzene rings is 1. The van der Waals surface area contributed by atoms with E-state index in [-0.39, 0.29) is 17.5 Å². The molecule has 1 aliphatic rings. The zero-order valence-corrected chi connectivity index (χ0v) is 16.8. The molecule has 1 N–H and O–H groups in total. The molecule has 1 saturated heterocycles. The molecule has 0 saturated carbocycles. The number of aromatic amines is 1. The first kappa shape index (κ1) is 19.6. The second kappa shape index (κ2) is 8.36. The number of carbonyl (C=O) groups excluding carboxylic acids is 1. The summed E-state index contributed by atoms with van der Waals surface area (Å²) in [4.78, 5) is 38.9. The van der Waals surface area contributed by atoms with Crippen molar-refractivity contribution in [2.45, 2.75) is 18.9 Å². The van der Waals surface area contributed by atoms with Crippen molar-refractivity contribution in [3.63, 3.8) is 0 Å². The molecule has 0 radical (unpaired) electrons. The molecule has 154 valence electrons. The van der Waals surface area contributed by atoms with E-state index in [1.54, 1.807) is 54.6 Å². The summed E-state index contributed by atoms with van der Waals surface area (Å²) >= 11 is 0. The SMILES string of the molecule is COc1cccc(C(=O)N2CCCC2c2nc(-c3cccnc3OC)cc(=O)[nH]2)c1. The van der Waals surface area contributed by atoms with Crippen LogP contribution in [0.15, 0.2) is 53.5 Å². The largest absolute Gasteiger partial charge is 0.497 e. The smallest absolute Gasteiger partial charge is 0.254 e. The number of ether oxygens (including phenoxy) is 2. The summed E-state index contributed by atoms with van der Waals surface area (Å²) in [5, 5.41) is 0. The number of rotatable bonds is 5. The van der Waals surface area contributed by atoms with Gasteiger partial charge in [-0.3, -0.25) is 9.59 Å². The summed E-state index contributed by atoms with van der Waals surface area (Å²) in [6, 6.07) is 11.7. The van der Waals surface area contributed by atoms with Gasteiger partial charge in [0.05, 0.1) is 31.5 Å². The van der Waals surface area contributed by atoms with Crippen molar-refractivity contribution >= 4 is 5.91 Å². The van der Waals surface area contributed by atoms with Crippen molar-refractivity contribution in [2.75, 3.05) is 20.8 Å². The topological polar surface area (TPSA) is 97.4 Å². The fourth-order valence-electron chi connectivity index (χ4n) is 3.74. The monoisotopic (exact) mass is 406 g/mol. The number of hydrogen-bond donors (Lipinski definition) is 1. The van der Waals surface area contributed by atoms with Crippen LogP contribution in [-0.4, -0.2) is 46.5 Å². The molecule has 3 heterocycles. The molecule has 2 aromatic heterocycles. The minimum Gasteiger partial charge on any atom is -0.497 e. The van der Waals surface area contributed by atoms with Crippen LogP contribution in [-0.2, 0) is 0 Å². The maximum Gasteiger partial charge on any atom is 0.254 e. The van der Waals surface area contributed by atoms with E-state index in [2.05, 4.69) is 15.0 Å². The van der Waals surface area contributed by atoms with Gasteiger partial charge in [0.15, 0.2) is 0 Å². The van der Waals surface area contributed by atoms with Crippen LogP contribution in [0.2, 0.25) is 0 Å². The number of likely N-dealkylation sites (tertiary alicyclic amines) is 1. The Bertz CT molecular complexity index is 1130. The minimum atomic E-state index is -0.320. The number of methoxy groups -OCH3 is 2. The van der Waals surface area contributed by atoms with Gasteiger partial charge in [-0.05, 0) is 43.2 Å². The lowest BCUT2D eigenvalue weighted by atomic mass is 10.1. The number of hydrogen-bond acceptors (Lipinski definition) is 6. The van der Waals surface area contributed by atoms with E-state index in [4.69, 9.17) is 9.47 Å². The van der Waals surface area contributed by atoms with Crippen molar-refractivity contribution in [2.24, 2.45) is 0 Å². The van der Waals surface area contributed by atoms with Crippen molar-refractivity contribution in [3.8, 4) is 22.9 Å². The Morgan fingerprint density at radius 2 is 2.03 bits per heavy atom. The average molecular weight is 406 g/mol. The number of nitrogens with one attached hydrogen (secondary N) is 1. The molecular formula is C22H22N4O4. The van der Waals surface area contributed by atoms with Crippen LogP contribution in [0.4, 0.5) is 0 Å². The van der Waals surface area contributed by atoms with Gasteiger partial charge in [0.1, 0.15) is 11.6 Å². The van der Waals surface area contributed by atoms with Gasteiger partial charge >= 0.3 is 0 Å². The highest BCUT2D eigenvalue weighted by Crippen LogP contribution is 2.33. The molecule has 1 fully saturated rings. The highest BCUT2D eigenvalue weighted by Gasteiger charge is 2.33. The highest BCUT2D eigenvalue weighted by molar-refractivity contribution is 5.95. The first-order valence-electron chi connectivity index (χ1n) is 9.66. The highest BCUT2D eigenvalue weighted by atomic mass is 16.5. The molecule has 8 nitrogen and oxygen atoms in total. The van der Waals surface area contributed by atoms with Crippen molar-refractivity contribution in [1.29, 1.82) is 0 Å². The number of aromatic nitrogens is 3. The van der Waals surface area contributed by atoms with Gasteiger partial charge < -0.3 is 19.4 Å². The Kier molecular flexibility index (Phi) is 5.47. The van der Waals surface area contributed by atoms with E-state index in [1.165, 1.54) is 13.2 Å². The summed E-state index contributed by atoms with van der Waals surface area (Å²) in [6.45, 7) is 0.588. The first-order valence-corrected chi connectivity index (χ1v) is 9.66. The van der Waals surface area contributed by atoms with E-state index in [0.29, 0.717) is 47.2 Å². The molecule has 4 rings (SSSR count). The van der Waals surface area contributed by atoms with Crippen LogP contribution >= 0.6 is 0 Å². The Balaban J connectivity index is 1.70. The zero-order valence-electron chi connectivity index (χ0n) is 16.8. The van der Waals surface area contributed by atoms with E-state index in [1.807, 2.05) is 0 Å². The van der Waals surface area contributed by atoms with Gasteiger partial charge in [0, 0.05) is 24.4 Å². The fourth-order valence-corrected chi connectivity index (χ4v) is 3.74. The lowest BCUT2D eigenvalue weighted by molar-refractivity contribution is 0.0729. The molecule has 1 aromatic carbocycles. The fraction of sp³-hybridized carbons (Fsp3) is 0.273. The molecule has 3 aromatic rings. The molecule has 1 amide bonds. The standard InChI is InChI=1S/C22H22N4O4/c1-29-15-7-3-6-14(12-15)22(28)26-11-5-9-18(26)20-24-17(13-19(27)25-20)16-8-4-10-23-21(16)30-2/h3-4,6-8,10,12-13,18H,5,9,11H2,1-2H3,(H,24,25,27). The van der Waals surface area contributed by atoms with E-state index >= 15 is 0 Å².